The number of carbonyl (C=O) groups is 2. The van der Waals surface area contributed by atoms with Crippen molar-refractivity contribution >= 4 is 18.0 Å². The van der Waals surface area contributed by atoms with E-state index in [1.54, 1.807) is 4.90 Å². The number of aromatic nitrogens is 1. The second-order valence-corrected chi connectivity index (χ2v) is 8.25. The monoisotopic (exact) mass is 371 g/mol. The summed E-state index contributed by atoms with van der Waals surface area (Å²) in [6, 6.07) is 2.10. The van der Waals surface area contributed by atoms with Gasteiger partial charge in [-0.2, -0.15) is 0 Å². The van der Waals surface area contributed by atoms with Crippen LogP contribution < -0.4 is 0 Å². The topological polar surface area (TPSA) is 62.7 Å². The molecule has 6 nitrogen and oxygen atoms in total. The van der Waals surface area contributed by atoms with Crippen LogP contribution in [0.2, 0.25) is 0 Å². The smallest absolute Gasteiger partial charge is 0.410 e. The Bertz CT molecular complexity index is 756. The highest BCUT2D eigenvalue weighted by Crippen LogP contribution is 2.23. The molecule has 0 spiro atoms. The van der Waals surface area contributed by atoms with E-state index < -0.39 is 5.60 Å². The lowest BCUT2D eigenvalue weighted by molar-refractivity contribution is -0.115. The number of rotatable bonds is 3. The van der Waals surface area contributed by atoms with Crippen molar-refractivity contribution in [3.63, 3.8) is 0 Å². The third-order valence-electron chi connectivity index (χ3n) is 4.89. The van der Waals surface area contributed by atoms with E-state index in [0.717, 1.165) is 48.4 Å². The van der Waals surface area contributed by atoms with Gasteiger partial charge in [-0.25, -0.2) is 4.79 Å². The molecule has 0 atom stereocenters. The Kier molecular flexibility index (Phi) is 5.65. The molecular formula is C21H29N3O3. The van der Waals surface area contributed by atoms with E-state index in [-0.39, 0.29) is 11.9 Å². The van der Waals surface area contributed by atoms with Crippen LogP contribution >= 0.6 is 0 Å². The average molecular weight is 371 g/mol. The molecule has 2 heterocycles. The summed E-state index contributed by atoms with van der Waals surface area (Å²) in [5.74, 6) is 0.204. The van der Waals surface area contributed by atoms with Crippen molar-refractivity contribution in [1.82, 2.24) is 14.8 Å². The molecule has 1 aromatic heterocycles. The van der Waals surface area contributed by atoms with Gasteiger partial charge in [0, 0.05) is 45.3 Å². The first-order chi connectivity index (χ1) is 12.7. The maximum Gasteiger partial charge on any atom is 0.410 e. The number of Topliss-reactive ketones (excluding diaryl/α,β-unsaturated/α-hetero) is 1. The summed E-state index contributed by atoms with van der Waals surface area (Å²) in [5.41, 5.74) is 3.45. The van der Waals surface area contributed by atoms with Gasteiger partial charge in [0.2, 0.25) is 0 Å². The van der Waals surface area contributed by atoms with Crippen molar-refractivity contribution in [2.24, 2.45) is 0 Å². The standard InChI is InChI=1S/C21H29N3O3/c1-5-16-11-18-17(12-19(16)25)10-15(13-22-18)14-23-6-8-24(9-7-23)20(26)27-21(2,3)4/h10-11,13H,5-9,12,14H2,1-4H3. The third kappa shape index (κ3) is 4.95. The number of carbonyl (C=O) groups excluding carboxylic acids is 2. The molecule has 1 fully saturated rings. The van der Waals surface area contributed by atoms with Crippen LogP contribution in [0.5, 0.6) is 0 Å². The van der Waals surface area contributed by atoms with Crippen molar-refractivity contribution in [1.29, 1.82) is 0 Å². The van der Waals surface area contributed by atoms with Crippen molar-refractivity contribution in [2.75, 3.05) is 26.2 Å². The Morgan fingerprint density at radius 3 is 2.56 bits per heavy atom. The van der Waals surface area contributed by atoms with Crippen LogP contribution in [0, 0.1) is 0 Å². The number of ketones is 1. The van der Waals surface area contributed by atoms with Gasteiger partial charge in [-0.3, -0.25) is 14.7 Å². The molecule has 0 N–H and O–H groups in total. The number of allylic oxidation sites excluding steroid dienone is 1. The zero-order chi connectivity index (χ0) is 19.6. The zero-order valence-corrected chi connectivity index (χ0v) is 16.7. The van der Waals surface area contributed by atoms with Gasteiger partial charge in [-0.05, 0) is 50.0 Å². The molecule has 1 saturated heterocycles. The Balaban J connectivity index is 1.57. The lowest BCUT2D eigenvalue weighted by Gasteiger charge is -2.35. The van der Waals surface area contributed by atoms with Gasteiger partial charge in [0.25, 0.3) is 0 Å². The second-order valence-electron chi connectivity index (χ2n) is 8.25. The molecule has 1 aromatic rings. The van der Waals surface area contributed by atoms with Crippen molar-refractivity contribution in [3.05, 3.63) is 34.7 Å². The summed E-state index contributed by atoms with van der Waals surface area (Å²) in [6.07, 6.45) is 4.78. The molecule has 0 radical (unpaired) electrons. The summed E-state index contributed by atoms with van der Waals surface area (Å²) >= 11 is 0. The maximum absolute atomic E-state index is 12.2. The van der Waals surface area contributed by atoms with E-state index in [1.807, 2.05) is 40.0 Å². The van der Waals surface area contributed by atoms with E-state index in [9.17, 15) is 9.59 Å². The van der Waals surface area contributed by atoms with Crippen LogP contribution in [0.4, 0.5) is 4.79 Å². The number of pyridine rings is 1. The van der Waals surface area contributed by atoms with E-state index in [2.05, 4.69) is 16.0 Å². The van der Waals surface area contributed by atoms with Crippen molar-refractivity contribution in [2.45, 2.75) is 52.7 Å². The lowest BCUT2D eigenvalue weighted by Crippen LogP contribution is -2.49. The molecule has 6 heteroatoms. The van der Waals surface area contributed by atoms with Gasteiger partial charge in [-0.15, -0.1) is 0 Å². The number of hydrogen-bond acceptors (Lipinski definition) is 5. The van der Waals surface area contributed by atoms with Gasteiger partial charge in [0.05, 0.1) is 5.69 Å². The quantitative estimate of drug-likeness (QED) is 0.817. The van der Waals surface area contributed by atoms with Gasteiger partial charge in [0.15, 0.2) is 5.78 Å². The molecule has 1 aliphatic carbocycles. The maximum atomic E-state index is 12.2. The molecule has 2 aliphatic rings. The molecule has 0 aromatic carbocycles. The van der Waals surface area contributed by atoms with Crippen LogP contribution in [0.1, 0.15) is 50.9 Å². The number of ether oxygens (including phenoxy) is 1. The SMILES string of the molecule is CCC1=Cc2ncc(CN3CCN(C(=O)OC(C)(C)C)CC3)cc2CC1=O. The minimum atomic E-state index is -0.466. The molecular weight excluding hydrogens is 342 g/mol. The summed E-state index contributed by atoms with van der Waals surface area (Å²) in [4.78, 5) is 32.9. The van der Waals surface area contributed by atoms with Crippen LogP contribution in [0.15, 0.2) is 17.8 Å². The fourth-order valence-corrected chi connectivity index (χ4v) is 3.43. The fourth-order valence-electron chi connectivity index (χ4n) is 3.43. The molecule has 1 aliphatic heterocycles. The summed E-state index contributed by atoms with van der Waals surface area (Å²) in [6.45, 7) is 11.4. The number of hydrogen-bond donors (Lipinski definition) is 0. The summed E-state index contributed by atoms with van der Waals surface area (Å²) < 4.78 is 5.44. The predicted molar refractivity (Wildman–Crippen MR) is 104 cm³/mol. The Labute approximate surface area is 161 Å². The number of piperazine rings is 1. The van der Waals surface area contributed by atoms with Crippen LogP contribution in [0.25, 0.3) is 6.08 Å². The number of amides is 1. The van der Waals surface area contributed by atoms with Crippen LogP contribution in [-0.4, -0.2) is 58.4 Å². The molecule has 1 amide bonds. The highest BCUT2D eigenvalue weighted by Gasteiger charge is 2.26. The van der Waals surface area contributed by atoms with E-state index in [4.69, 9.17) is 4.74 Å². The second kappa shape index (κ2) is 7.80. The summed E-state index contributed by atoms with van der Waals surface area (Å²) in [7, 11) is 0. The van der Waals surface area contributed by atoms with E-state index >= 15 is 0 Å². The van der Waals surface area contributed by atoms with Gasteiger partial charge in [-0.1, -0.05) is 13.0 Å². The molecule has 0 unspecified atom stereocenters. The normalized spacial score (nSPS) is 18.1. The largest absolute Gasteiger partial charge is 0.444 e. The van der Waals surface area contributed by atoms with Gasteiger partial charge < -0.3 is 9.64 Å². The Morgan fingerprint density at radius 2 is 1.93 bits per heavy atom. The average Bonchev–Trinajstić information content (AvgIpc) is 2.60. The number of fused-ring (bicyclic) bond motifs is 1. The minimum Gasteiger partial charge on any atom is -0.444 e. The highest BCUT2D eigenvalue weighted by molar-refractivity contribution is 6.03. The Hall–Kier alpha value is -2.21. The van der Waals surface area contributed by atoms with Gasteiger partial charge in [0.1, 0.15) is 5.60 Å². The minimum absolute atomic E-state index is 0.204. The first-order valence-electron chi connectivity index (χ1n) is 9.67. The lowest BCUT2D eigenvalue weighted by atomic mass is 9.92. The van der Waals surface area contributed by atoms with Crippen LogP contribution in [0.3, 0.4) is 0 Å². The Morgan fingerprint density at radius 1 is 1.22 bits per heavy atom. The van der Waals surface area contributed by atoms with E-state index in [1.165, 1.54) is 0 Å². The van der Waals surface area contributed by atoms with E-state index in [0.29, 0.717) is 19.5 Å². The summed E-state index contributed by atoms with van der Waals surface area (Å²) in [5, 5.41) is 0. The number of nitrogens with zero attached hydrogens (tertiary/aromatic N) is 3. The third-order valence-corrected chi connectivity index (χ3v) is 4.89. The molecule has 3 rings (SSSR count). The molecule has 0 saturated carbocycles. The van der Waals surface area contributed by atoms with Crippen molar-refractivity contribution in [3.8, 4) is 0 Å². The van der Waals surface area contributed by atoms with Crippen molar-refractivity contribution < 1.29 is 14.3 Å². The fraction of sp³-hybridized carbons (Fsp3) is 0.571. The molecule has 27 heavy (non-hydrogen) atoms. The van der Waals surface area contributed by atoms with Crippen LogP contribution in [-0.2, 0) is 22.5 Å². The molecule has 146 valence electrons. The first kappa shape index (κ1) is 19.5. The zero-order valence-electron chi connectivity index (χ0n) is 16.7. The molecule has 0 bridgehead atoms. The first-order valence-corrected chi connectivity index (χ1v) is 9.67. The predicted octanol–water partition coefficient (Wildman–Crippen LogP) is 3.05. The van der Waals surface area contributed by atoms with Gasteiger partial charge >= 0.3 is 6.09 Å². The highest BCUT2D eigenvalue weighted by atomic mass is 16.6.